The van der Waals surface area contributed by atoms with E-state index in [4.69, 9.17) is 0 Å². The molecule has 0 spiro atoms. The van der Waals surface area contributed by atoms with Crippen LogP contribution in [0.2, 0.25) is 0 Å². The van der Waals surface area contributed by atoms with Crippen LogP contribution in [0.15, 0.2) is 79.1 Å². The largest absolute Gasteiger partial charge is 0.350 e. The van der Waals surface area contributed by atoms with Crippen LogP contribution in [0.5, 0.6) is 0 Å². The number of carbonyl (C=O) groups is 1. The zero-order valence-electron chi connectivity index (χ0n) is 13.9. The van der Waals surface area contributed by atoms with Crippen LogP contribution in [0.3, 0.4) is 0 Å². The summed E-state index contributed by atoms with van der Waals surface area (Å²) >= 11 is 0. The van der Waals surface area contributed by atoms with Crippen molar-refractivity contribution in [3.8, 4) is 0 Å². The summed E-state index contributed by atoms with van der Waals surface area (Å²) in [6.07, 6.45) is 4.56. The van der Waals surface area contributed by atoms with E-state index in [0.29, 0.717) is 13.0 Å². The molecule has 122 valence electrons. The summed E-state index contributed by atoms with van der Waals surface area (Å²) in [4.78, 5) is 12.8. The molecule has 1 amide bonds. The lowest BCUT2D eigenvalue weighted by Crippen LogP contribution is -2.33. The van der Waals surface area contributed by atoms with Gasteiger partial charge in [-0.25, -0.2) is 0 Å². The van der Waals surface area contributed by atoms with Crippen LogP contribution >= 0.6 is 0 Å². The number of hydrogen-bond acceptors (Lipinski definition) is 1. The molecule has 0 aliphatic carbocycles. The van der Waals surface area contributed by atoms with Gasteiger partial charge in [0.05, 0.1) is 0 Å². The number of aromatic nitrogens is 1. The van der Waals surface area contributed by atoms with Crippen LogP contribution in [-0.2, 0) is 17.8 Å². The number of benzene rings is 2. The second-order valence-corrected chi connectivity index (χ2v) is 6.04. The number of hydrogen-bond donors (Lipinski definition) is 1. The molecule has 0 saturated heterocycles. The molecule has 0 aliphatic rings. The summed E-state index contributed by atoms with van der Waals surface area (Å²) < 4.78 is 1.97. The fourth-order valence-corrected chi connectivity index (χ4v) is 2.74. The molecule has 0 aliphatic heterocycles. The van der Waals surface area contributed by atoms with Crippen molar-refractivity contribution < 1.29 is 4.79 Å². The van der Waals surface area contributed by atoms with E-state index in [-0.39, 0.29) is 11.9 Å². The fraction of sp³-hybridized carbons (Fsp3) is 0.190. The molecule has 0 bridgehead atoms. The quantitative estimate of drug-likeness (QED) is 0.735. The Labute approximate surface area is 143 Å². The molecule has 3 nitrogen and oxygen atoms in total. The normalized spacial score (nSPS) is 11.9. The summed E-state index contributed by atoms with van der Waals surface area (Å²) in [5.41, 5.74) is 3.49. The highest BCUT2D eigenvalue weighted by molar-refractivity contribution is 5.80. The van der Waals surface area contributed by atoms with Gasteiger partial charge in [-0.3, -0.25) is 4.79 Å². The van der Waals surface area contributed by atoms with E-state index in [2.05, 4.69) is 48.6 Å². The number of aryl methyl sites for hydroxylation is 1. The molecule has 1 aromatic heterocycles. The SMILES string of the molecule is Cc1ccc(CNC(=O)C(Cc2ccccc2)n2cccc2)cc1. The maximum atomic E-state index is 12.8. The van der Waals surface area contributed by atoms with Gasteiger partial charge in [-0.05, 0) is 30.2 Å². The van der Waals surface area contributed by atoms with Gasteiger partial charge in [0, 0.05) is 25.4 Å². The van der Waals surface area contributed by atoms with Crippen molar-refractivity contribution in [1.82, 2.24) is 9.88 Å². The maximum absolute atomic E-state index is 12.8. The van der Waals surface area contributed by atoms with E-state index < -0.39 is 0 Å². The molecule has 3 heteroatoms. The van der Waals surface area contributed by atoms with E-state index in [1.807, 2.05) is 47.3 Å². The van der Waals surface area contributed by atoms with Crippen LogP contribution in [-0.4, -0.2) is 10.5 Å². The highest BCUT2D eigenvalue weighted by Crippen LogP contribution is 2.15. The average Bonchev–Trinajstić information content (AvgIpc) is 3.14. The second kappa shape index (κ2) is 7.64. The molecular weight excluding hydrogens is 296 g/mol. The van der Waals surface area contributed by atoms with Crippen LogP contribution in [0, 0.1) is 6.92 Å². The van der Waals surface area contributed by atoms with Crippen molar-refractivity contribution in [2.45, 2.75) is 25.9 Å². The molecule has 3 aromatic rings. The van der Waals surface area contributed by atoms with Gasteiger partial charge in [-0.2, -0.15) is 0 Å². The molecule has 0 fully saturated rings. The standard InChI is InChI=1S/C21H22N2O/c1-17-9-11-19(12-10-17)16-22-21(24)20(23-13-5-6-14-23)15-18-7-3-2-4-8-18/h2-14,20H,15-16H2,1H3,(H,22,24). The molecule has 0 radical (unpaired) electrons. The van der Waals surface area contributed by atoms with Crippen LogP contribution in [0.4, 0.5) is 0 Å². The fourth-order valence-electron chi connectivity index (χ4n) is 2.74. The van der Waals surface area contributed by atoms with Crippen molar-refractivity contribution in [3.63, 3.8) is 0 Å². The lowest BCUT2D eigenvalue weighted by molar-refractivity contribution is -0.124. The first-order chi connectivity index (χ1) is 11.7. The summed E-state index contributed by atoms with van der Waals surface area (Å²) in [5.74, 6) is 0.0376. The molecule has 1 unspecified atom stereocenters. The van der Waals surface area contributed by atoms with Gasteiger partial charge in [-0.15, -0.1) is 0 Å². The third-order valence-electron chi connectivity index (χ3n) is 4.15. The van der Waals surface area contributed by atoms with Crippen LogP contribution < -0.4 is 5.32 Å². The van der Waals surface area contributed by atoms with E-state index in [1.54, 1.807) is 0 Å². The number of nitrogens with one attached hydrogen (secondary N) is 1. The minimum atomic E-state index is -0.243. The van der Waals surface area contributed by atoms with Gasteiger partial charge in [0.15, 0.2) is 0 Å². The smallest absolute Gasteiger partial charge is 0.243 e. The van der Waals surface area contributed by atoms with Crippen molar-refractivity contribution >= 4 is 5.91 Å². The number of amides is 1. The molecular formula is C21H22N2O. The number of carbonyl (C=O) groups excluding carboxylic acids is 1. The van der Waals surface area contributed by atoms with Gasteiger partial charge >= 0.3 is 0 Å². The summed E-state index contributed by atoms with van der Waals surface area (Å²) in [6.45, 7) is 2.61. The first-order valence-corrected chi connectivity index (χ1v) is 8.22. The van der Waals surface area contributed by atoms with Gasteiger partial charge in [0.25, 0.3) is 0 Å². The monoisotopic (exact) mass is 318 g/mol. The van der Waals surface area contributed by atoms with Crippen LogP contribution in [0.25, 0.3) is 0 Å². The molecule has 1 heterocycles. The molecule has 3 rings (SSSR count). The van der Waals surface area contributed by atoms with Crippen LogP contribution in [0.1, 0.15) is 22.7 Å². The number of nitrogens with zero attached hydrogens (tertiary/aromatic N) is 1. The van der Waals surface area contributed by atoms with E-state index >= 15 is 0 Å². The summed E-state index contributed by atoms with van der Waals surface area (Å²) in [7, 11) is 0. The summed E-state index contributed by atoms with van der Waals surface area (Å²) in [6, 6.07) is 22.0. The molecule has 24 heavy (non-hydrogen) atoms. The van der Waals surface area contributed by atoms with Crippen molar-refractivity contribution in [2.75, 3.05) is 0 Å². The Morgan fingerprint density at radius 3 is 2.25 bits per heavy atom. The zero-order chi connectivity index (χ0) is 16.8. The third-order valence-corrected chi connectivity index (χ3v) is 4.15. The molecule has 2 aromatic carbocycles. The third kappa shape index (κ3) is 4.13. The van der Waals surface area contributed by atoms with Crippen molar-refractivity contribution in [1.29, 1.82) is 0 Å². The Balaban J connectivity index is 1.70. The predicted molar refractivity (Wildman–Crippen MR) is 96.6 cm³/mol. The maximum Gasteiger partial charge on any atom is 0.243 e. The lowest BCUT2D eigenvalue weighted by atomic mass is 10.0. The van der Waals surface area contributed by atoms with Crippen molar-refractivity contribution in [3.05, 3.63) is 95.8 Å². The first kappa shape index (κ1) is 16.1. The van der Waals surface area contributed by atoms with E-state index in [0.717, 1.165) is 11.1 Å². The van der Waals surface area contributed by atoms with Crippen molar-refractivity contribution in [2.24, 2.45) is 0 Å². The topological polar surface area (TPSA) is 34.0 Å². The lowest BCUT2D eigenvalue weighted by Gasteiger charge is -2.19. The van der Waals surface area contributed by atoms with E-state index in [1.165, 1.54) is 5.56 Å². The Hall–Kier alpha value is -2.81. The summed E-state index contributed by atoms with van der Waals surface area (Å²) in [5, 5.41) is 3.07. The van der Waals surface area contributed by atoms with Gasteiger partial charge in [0.1, 0.15) is 6.04 Å². The van der Waals surface area contributed by atoms with Gasteiger partial charge < -0.3 is 9.88 Å². The zero-order valence-corrected chi connectivity index (χ0v) is 13.9. The minimum Gasteiger partial charge on any atom is -0.350 e. The Morgan fingerprint density at radius 2 is 1.58 bits per heavy atom. The Morgan fingerprint density at radius 1 is 0.917 bits per heavy atom. The second-order valence-electron chi connectivity index (χ2n) is 6.04. The number of rotatable bonds is 6. The Bertz CT molecular complexity index is 761. The predicted octanol–water partition coefficient (Wildman–Crippen LogP) is 3.90. The first-order valence-electron chi connectivity index (χ1n) is 8.22. The highest BCUT2D eigenvalue weighted by Gasteiger charge is 2.19. The van der Waals surface area contributed by atoms with Gasteiger partial charge in [-0.1, -0.05) is 60.2 Å². The van der Waals surface area contributed by atoms with E-state index in [9.17, 15) is 4.79 Å². The minimum absolute atomic E-state index is 0.0376. The average molecular weight is 318 g/mol. The molecule has 1 N–H and O–H groups in total. The van der Waals surface area contributed by atoms with Gasteiger partial charge in [0.2, 0.25) is 5.91 Å². The Kier molecular flexibility index (Phi) is 5.12. The molecule has 0 saturated carbocycles. The molecule has 1 atom stereocenters. The highest BCUT2D eigenvalue weighted by atomic mass is 16.2.